The minimum atomic E-state index is -0.0552. The Morgan fingerprint density at radius 1 is 1.18 bits per heavy atom. The molecule has 116 valence electrons. The number of carbonyl (C=O) groups is 1. The molecule has 0 atom stereocenters. The second kappa shape index (κ2) is 6.92. The van der Waals surface area contributed by atoms with Crippen molar-refractivity contribution in [3.63, 3.8) is 0 Å². The Labute approximate surface area is 135 Å². The minimum absolute atomic E-state index is 0.0552. The summed E-state index contributed by atoms with van der Waals surface area (Å²) >= 11 is 1.66. The summed E-state index contributed by atoms with van der Waals surface area (Å²) < 4.78 is 0. The molecule has 2 N–H and O–H groups in total. The lowest BCUT2D eigenvalue weighted by molar-refractivity contribution is -0.114. The quantitative estimate of drug-likeness (QED) is 0.872. The zero-order valence-corrected chi connectivity index (χ0v) is 13.6. The Balaban J connectivity index is 1.66. The Morgan fingerprint density at radius 3 is 2.59 bits per heavy atom. The van der Waals surface area contributed by atoms with Crippen LogP contribution >= 0.6 is 11.3 Å². The highest BCUT2D eigenvalue weighted by Crippen LogP contribution is 2.28. The molecule has 22 heavy (non-hydrogen) atoms. The topological polar surface area (TPSA) is 54.0 Å². The van der Waals surface area contributed by atoms with Crippen LogP contribution in [0.5, 0.6) is 0 Å². The molecule has 1 amide bonds. The minimum Gasteiger partial charge on any atom is -0.359 e. The third-order valence-corrected chi connectivity index (χ3v) is 4.71. The molecule has 0 aliphatic heterocycles. The number of anilines is 2. The molecule has 2 aromatic rings. The third-order valence-electron chi connectivity index (χ3n) is 3.94. The first kappa shape index (κ1) is 15.0. The lowest BCUT2D eigenvalue weighted by Crippen LogP contribution is -2.21. The second-order valence-corrected chi connectivity index (χ2v) is 6.63. The molecule has 0 unspecified atom stereocenters. The van der Waals surface area contributed by atoms with Crippen LogP contribution in [-0.2, 0) is 4.79 Å². The van der Waals surface area contributed by atoms with Gasteiger partial charge in [0.2, 0.25) is 5.91 Å². The van der Waals surface area contributed by atoms with Gasteiger partial charge in [-0.2, -0.15) is 0 Å². The van der Waals surface area contributed by atoms with E-state index in [0.29, 0.717) is 6.04 Å². The first-order valence-corrected chi connectivity index (χ1v) is 8.69. The van der Waals surface area contributed by atoms with Crippen molar-refractivity contribution >= 4 is 28.1 Å². The summed E-state index contributed by atoms with van der Waals surface area (Å²) in [6.07, 6.45) is 6.50. The number of hydrogen-bond donors (Lipinski definition) is 2. The zero-order valence-electron chi connectivity index (χ0n) is 12.8. The Kier molecular flexibility index (Phi) is 4.73. The molecular formula is C17H21N3OS. The first-order valence-electron chi connectivity index (χ1n) is 7.81. The number of hydrogen-bond acceptors (Lipinski definition) is 4. The van der Waals surface area contributed by atoms with Gasteiger partial charge in [0.1, 0.15) is 0 Å². The van der Waals surface area contributed by atoms with Crippen molar-refractivity contribution in [2.75, 3.05) is 10.6 Å². The van der Waals surface area contributed by atoms with Crippen LogP contribution in [0.3, 0.4) is 0 Å². The van der Waals surface area contributed by atoms with Gasteiger partial charge in [-0.05, 0) is 25.0 Å². The van der Waals surface area contributed by atoms with Crippen molar-refractivity contribution in [3.8, 4) is 11.3 Å². The normalized spacial score (nSPS) is 15.5. The molecule has 1 aliphatic carbocycles. The van der Waals surface area contributed by atoms with Crippen LogP contribution in [0.1, 0.15) is 39.0 Å². The van der Waals surface area contributed by atoms with E-state index in [9.17, 15) is 4.79 Å². The maximum absolute atomic E-state index is 11.0. The molecular weight excluding hydrogens is 294 g/mol. The molecule has 0 spiro atoms. The van der Waals surface area contributed by atoms with Gasteiger partial charge in [-0.1, -0.05) is 31.4 Å². The predicted molar refractivity (Wildman–Crippen MR) is 92.3 cm³/mol. The van der Waals surface area contributed by atoms with Crippen molar-refractivity contribution < 1.29 is 4.79 Å². The van der Waals surface area contributed by atoms with E-state index in [1.165, 1.54) is 39.0 Å². The number of carbonyl (C=O) groups excluding carboxylic acids is 1. The van der Waals surface area contributed by atoms with Crippen molar-refractivity contribution in [1.29, 1.82) is 0 Å². The Hall–Kier alpha value is -1.88. The molecule has 1 heterocycles. The fourth-order valence-electron chi connectivity index (χ4n) is 2.82. The van der Waals surface area contributed by atoms with Gasteiger partial charge in [0, 0.05) is 29.6 Å². The van der Waals surface area contributed by atoms with E-state index in [1.807, 2.05) is 24.3 Å². The Bertz CT molecular complexity index is 630. The summed E-state index contributed by atoms with van der Waals surface area (Å²) in [5.41, 5.74) is 2.87. The van der Waals surface area contributed by atoms with E-state index in [2.05, 4.69) is 21.0 Å². The van der Waals surface area contributed by atoms with E-state index in [4.69, 9.17) is 0 Å². The first-order chi connectivity index (χ1) is 10.7. The standard InChI is InChI=1S/C17H21N3OS/c1-12(21)18-15-9-7-13(8-10-15)16-11-22-17(20-16)19-14-5-3-2-4-6-14/h7-11,14H,2-6H2,1H3,(H,18,21)(H,19,20). The van der Waals surface area contributed by atoms with E-state index in [0.717, 1.165) is 22.1 Å². The average Bonchev–Trinajstić information content (AvgIpc) is 2.97. The fraction of sp³-hybridized carbons (Fsp3) is 0.412. The second-order valence-electron chi connectivity index (χ2n) is 5.78. The summed E-state index contributed by atoms with van der Waals surface area (Å²) in [5, 5.41) is 9.42. The average molecular weight is 315 g/mol. The number of rotatable bonds is 4. The van der Waals surface area contributed by atoms with Gasteiger partial charge >= 0.3 is 0 Å². The monoisotopic (exact) mass is 315 g/mol. The number of benzene rings is 1. The van der Waals surface area contributed by atoms with Gasteiger partial charge in [0.15, 0.2) is 5.13 Å². The van der Waals surface area contributed by atoms with Crippen LogP contribution in [0.4, 0.5) is 10.8 Å². The predicted octanol–water partition coefficient (Wildman–Crippen LogP) is 4.51. The van der Waals surface area contributed by atoms with Gasteiger partial charge in [0.05, 0.1) is 5.69 Å². The number of amides is 1. The highest BCUT2D eigenvalue weighted by atomic mass is 32.1. The lowest BCUT2D eigenvalue weighted by Gasteiger charge is -2.22. The number of nitrogens with one attached hydrogen (secondary N) is 2. The maximum atomic E-state index is 11.0. The van der Waals surface area contributed by atoms with E-state index < -0.39 is 0 Å². The van der Waals surface area contributed by atoms with Crippen LogP contribution < -0.4 is 10.6 Å². The van der Waals surface area contributed by atoms with Crippen molar-refractivity contribution in [2.45, 2.75) is 45.1 Å². The van der Waals surface area contributed by atoms with Crippen LogP contribution in [0.2, 0.25) is 0 Å². The number of thiazole rings is 1. The van der Waals surface area contributed by atoms with Crippen LogP contribution in [0.25, 0.3) is 11.3 Å². The van der Waals surface area contributed by atoms with E-state index in [1.54, 1.807) is 11.3 Å². The molecule has 0 bridgehead atoms. The molecule has 0 radical (unpaired) electrons. The van der Waals surface area contributed by atoms with Crippen LogP contribution in [-0.4, -0.2) is 16.9 Å². The van der Waals surface area contributed by atoms with Crippen molar-refractivity contribution in [3.05, 3.63) is 29.6 Å². The molecule has 5 heteroatoms. The van der Waals surface area contributed by atoms with Crippen molar-refractivity contribution in [1.82, 2.24) is 4.98 Å². The largest absolute Gasteiger partial charge is 0.359 e. The van der Waals surface area contributed by atoms with E-state index in [-0.39, 0.29) is 5.91 Å². The zero-order chi connectivity index (χ0) is 15.4. The van der Waals surface area contributed by atoms with Gasteiger partial charge in [-0.15, -0.1) is 11.3 Å². The number of aromatic nitrogens is 1. The van der Waals surface area contributed by atoms with Gasteiger partial charge in [0.25, 0.3) is 0 Å². The summed E-state index contributed by atoms with van der Waals surface area (Å²) in [6, 6.07) is 8.37. The number of nitrogens with zero attached hydrogens (tertiary/aromatic N) is 1. The summed E-state index contributed by atoms with van der Waals surface area (Å²) in [5.74, 6) is -0.0552. The van der Waals surface area contributed by atoms with E-state index >= 15 is 0 Å². The van der Waals surface area contributed by atoms with Crippen molar-refractivity contribution in [2.24, 2.45) is 0 Å². The highest BCUT2D eigenvalue weighted by molar-refractivity contribution is 7.14. The van der Waals surface area contributed by atoms with Gasteiger partial charge < -0.3 is 10.6 Å². The molecule has 1 aromatic heterocycles. The summed E-state index contributed by atoms with van der Waals surface area (Å²) in [7, 11) is 0. The maximum Gasteiger partial charge on any atom is 0.221 e. The molecule has 1 aliphatic rings. The molecule has 1 fully saturated rings. The van der Waals surface area contributed by atoms with Crippen LogP contribution in [0, 0.1) is 0 Å². The lowest BCUT2D eigenvalue weighted by atomic mass is 9.96. The Morgan fingerprint density at radius 2 is 1.91 bits per heavy atom. The molecule has 1 aromatic carbocycles. The third kappa shape index (κ3) is 3.85. The SMILES string of the molecule is CC(=O)Nc1ccc(-c2csc(NC3CCCCC3)n2)cc1. The fourth-order valence-corrected chi connectivity index (χ4v) is 3.62. The van der Waals surface area contributed by atoms with Gasteiger partial charge in [-0.3, -0.25) is 4.79 Å². The summed E-state index contributed by atoms with van der Waals surface area (Å²) in [6.45, 7) is 1.51. The molecule has 1 saturated carbocycles. The van der Waals surface area contributed by atoms with Gasteiger partial charge in [-0.25, -0.2) is 4.98 Å². The van der Waals surface area contributed by atoms with Crippen LogP contribution in [0.15, 0.2) is 29.6 Å². The smallest absolute Gasteiger partial charge is 0.221 e. The highest BCUT2D eigenvalue weighted by Gasteiger charge is 2.14. The molecule has 3 rings (SSSR count). The molecule has 4 nitrogen and oxygen atoms in total. The summed E-state index contributed by atoms with van der Waals surface area (Å²) in [4.78, 5) is 15.7. The molecule has 0 saturated heterocycles.